The molecule has 0 radical (unpaired) electrons. The van der Waals surface area contributed by atoms with E-state index in [4.69, 9.17) is 28.5 Å². The molecule has 0 spiro atoms. The molecule has 0 unspecified atom stereocenters. The van der Waals surface area contributed by atoms with Crippen LogP contribution in [0.1, 0.15) is 28.5 Å². The van der Waals surface area contributed by atoms with E-state index in [2.05, 4.69) is 4.98 Å². The average Bonchev–Trinajstić information content (AvgIpc) is 2.70. The first-order chi connectivity index (χ1) is 13.8. The van der Waals surface area contributed by atoms with Crippen molar-refractivity contribution in [2.45, 2.75) is 20.4 Å². The van der Waals surface area contributed by atoms with Crippen molar-refractivity contribution in [2.24, 2.45) is 0 Å². The lowest BCUT2D eigenvalue weighted by Gasteiger charge is -2.20. The molecular formula is C21H15Cl2N3O3. The molecule has 0 aliphatic heterocycles. The number of benzene rings is 1. The van der Waals surface area contributed by atoms with Gasteiger partial charge < -0.3 is 9.67 Å². The number of nitriles is 1. The topological polar surface area (TPSA) is 96.0 Å². The van der Waals surface area contributed by atoms with Crippen molar-refractivity contribution in [3.8, 4) is 28.6 Å². The smallest absolute Gasteiger partial charge is 0.341 e. The van der Waals surface area contributed by atoms with Gasteiger partial charge in [0.15, 0.2) is 0 Å². The van der Waals surface area contributed by atoms with E-state index in [1.165, 1.54) is 12.1 Å². The quantitative estimate of drug-likeness (QED) is 0.604. The molecule has 0 saturated carbocycles. The molecule has 0 saturated heterocycles. The fourth-order valence-corrected chi connectivity index (χ4v) is 3.55. The number of hydrogen-bond acceptors (Lipinski definition) is 4. The highest BCUT2D eigenvalue weighted by Crippen LogP contribution is 2.30. The Morgan fingerprint density at radius 1 is 1.21 bits per heavy atom. The highest BCUT2D eigenvalue weighted by atomic mass is 35.5. The van der Waals surface area contributed by atoms with Gasteiger partial charge in [-0.15, -0.1) is 0 Å². The molecule has 0 atom stereocenters. The first-order valence-electron chi connectivity index (χ1n) is 8.63. The third-order valence-corrected chi connectivity index (χ3v) is 5.30. The predicted octanol–water partition coefficient (Wildman–Crippen LogP) is 4.78. The molecule has 1 N–H and O–H groups in total. The molecular weight excluding hydrogens is 413 g/mol. The minimum atomic E-state index is -1.37. The minimum absolute atomic E-state index is 0.0180. The SMILES string of the molecule is CCn1c(C)c(-c2ccc(C#N)cc2)c(=O)c(C(=O)O)c1-c1ccc(Cl)c(Cl)n1. The van der Waals surface area contributed by atoms with Gasteiger partial charge in [0, 0.05) is 17.8 Å². The molecule has 0 aliphatic carbocycles. The van der Waals surface area contributed by atoms with Crippen molar-refractivity contribution in [1.29, 1.82) is 5.26 Å². The van der Waals surface area contributed by atoms with Crippen LogP contribution in [0, 0.1) is 18.3 Å². The molecule has 29 heavy (non-hydrogen) atoms. The number of aromatic nitrogens is 2. The predicted molar refractivity (Wildman–Crippen MR) is 111 cm³/mol. The number of carbonyl (C=O) groups is 1. The molecule has 8 heteroatoms. The first-order valence-corrected chi connectivity index (χ1v) is 9.39. The van der Waals surface area contributed by atoms with Gasteiger partial charge in [-0.25, -0.2) is 9.78 Å². The van der Waals surface area contributed by atoms with Gasteiger partial charge in [0.25, 0.3) is 0 Å². The summed E-state index contributed by atoms with van der Waals surface area (Å²) < 4.78 is 1.71. The normalized spacial score (nSPS) is 10.6. The Morgan fingerprint density at radius 3 is 2.38 bits per heavy atom. The average molecular weight is 428 g/mol. The van der Waals surface area contributed by atoms with E-state index < -0.39 is 17.0 Å². The fraction of sp³-hybridized carbons (Fsp3) is 0.143. The molecule has 0 bridgehead atoms. The monoisotopic (exact) mass is 427 g/mol. The number of carboxylic acids is 1. The van der Waals surface area contributed by atoms with E-state index in [-0.39, 0.29) is 27.1 Å². The summed E-state index contributed by atoms with van der Waals surface area (Å²) in [6.07, 6.45) is 0. The molecule has 3 aromatic rings. The lowest BCUT2D eigenvalue weighted by atomic mass is 9.97. The van der Waals surface area contributed by atoms with Gasteiger partial charge in [0.1, 0.15) is 10.7 Å². The molecule has 146 valence electrons. The summed E-state index contributed by atoms with van der Waals surface area (Å²) in [5.41, 5.74) is 1.19. The number of hydrogen-bond donors (Lipinski definition) is 1. The summed E-state index contributed by atoms with van der Waals surface area (Å²) >= 11 is 12.0. The first kappa shape index (κ1) is 20.6. The van der Waals surface area contributed by atoms with Crippen molar-refractivity contribution >= 4 is 29.2 Å². The second-order valence-corrected chi connectivity index (χ2v) is 6.99. The zero-order valence-corrected chi connectivity index (χ0v) is 17.0. The Morgan fingerprint density at radius 2 is 1.86 bits per heavy atom. The number of carboxylic acid groups (broad SMARTS) is 1. The van der Waals surface area contributed by atoms with Crippen LogP contribution in [0.4, 0.5) is 0 Å². The van der Waals surface area contributed by atoms with Gasteiger partial charge in [-0.3, -0.25) is 4.79 Å². The minimum Gasteiger partial charge on any atom is -0.477 e. The second kappa shape index (κ2) is 8.08. The summed E-state index contributed by atoms with van der Waals surface area (Å²) in [5.74, 6) is -1.37. The van der Waals surface area contributed by atoms with Crippen molar-refractivity contribution in [2.75, 3.05) is 0 Å². The van der Waals surface area contributed by atoms with Crippen LogP contribution < -0.4 is 5.43 Å². The van der Waals surface area contributed by atoms with Gasteiger partial charge in [0.2, 0.25) is 5.43 Å². The van der Waals surface area contributed by atoms with Crippen molar-refractivity contribution in [3.63, 3.8) is 0 Å². The Hall–Kier alpha value is -3.14. The van der Waals surface area contributed by atoms with Gasteiger partial charge in [0.05, 0.1) is 28.0 Å². The standard InChI is InChI=1S/C21H15Cl2N3O3/c1-3-26-11(2)16(13-6-4-12(10-24)5-7-13)19(27)17(21(28)29)18(26)15-9-8-14(22)20(23)25-15/h4-9H,3H2,1-2H3,(H,28,29). The number of halogens is 2. The van der Waals surface area contributed by atoms with Crippen LogP contribution in [0.5, 0.6) is 0 Å². The zero-order chi connectivity index (χ0) is 21.3. The van der Waals surface area contributed by atoms with Crippen LogP contribution in [0.25, 0.3) is 22.5 Å². The van der Waals surface area contributed by atoms with E-state index in [1.54, 1.807) is 35.8 Å². The molecule has 2 aromatic heterocycles. The molecule has 3 rings (SSSR count). The molecule has 0 aliphatic rings. The summed E-state index contributed by atoms with van der Waals surface area (Å²) in [7, 11) is 0. The number of rotatable bonds is 4. The maximum Gasteiger partial charge on any atom is 0.341 e. The van der Waals surface area contributed by atoms with E-state index in [0.717, 1.165) is 0 Å². The summed E-state index contributed by atoms with van der Waals surface area (Å²) in [4.78, 5) is 29.5. The highest BCUT2D eigenvalue weighted by molar-refractivity contribution is 6.41. The Kier molecular flexibility index (Phi) is 5.73. The van der Waals surface area contributed by atoms with Crippen LogP contribution >= 0.6 is 23.2 Å². The van der Waals surface area contributed by atoms with Crippen LogP contribution in [-0.4, -0.2) is 20.6 Å². The zero-order valence-electron chi connectivity index (χ0n) is 15.5. The van der Waals surface area contributed by atoms with E-state index >= 15 is 0 Å². The third-order valence-electron chi connectivity index (χ3n) is 4.61. The van der Waals surface area contributed by atoms with Gasteiger partial charge in [-0.1, -0.05) is 35.3 Å². The molecule has 1 aromatic carbocycles. The maximum absolute atomic E-state index is 13.3. The van der Waals surface area contributed by atoms with Crippen LogP contribution in [0.3, 0.4) is 0 Å². The molecule has 0 fully saturated rings. The summed E-state index contributed by atoms with van der Waals surface area (Å²) in [6.45, 7) is 3.98. The molecule has 2 heterocycles. The lowest BCUT2D eigenvalue weighted by Crippen LogP contribution is -2.25. The number of aromatic carboxylic acids is 1. The number of pyridine rings is 2. The van der Waals surface area contributed by atoms with Crippen LogP contribution in [0.15, 0.2) is 41.2 Å². The Balaban J connectivity index is 2.42. The summed E-state index contributed by atoms with van der Waals surface area (Å²) in [6, 6.07) is 11.5. The van der Waals surface area contributed by atoms with E-state index in [1.807, 2.05) is 13.0 Å². The van der Waals surface area contributed by atoms with Crippen molar-refractivity contribution < 1.29 is 9.90 Å². The van der Waals surface area contributed by atoms with Gasteiger partial charge in [-0.05, 0) is 43.7 Å². The molecule has 0 amide bonds. The molecule has 6 nitrogen and oxygen atoms in total. The fourth-order valence-electron chi connectivity index (χ4n) is 3.30. The van der Waals surface area contributed by atoms with Gasteiger partial charge >= 0.3 is 5.97 Å². The van der Waals surface area contributed by atoms with Gasteiger partial charge in [-0.2, -0.15) is 5.26 Å². The number of nitrogens with zero attached hydrogens (tertiary/aromatic N) is 3. The Bertz CT molecular complexity index is 1230. The lowest BCUT2D eigenvalue weighted by molar-refractivity contribution is 0.0695. The maximum atomic E-state index is 13.3. The largest absolute Gasteiger partial charge is 0.477 e. The highest BCUT2D eigenvalue weighted by Gasteiger charge is 2.26. The summed E-state index contributed by atoms with van der Waals surface area (Å²) in [5, 5.41) is 19.1. The van der Waals surface area contributed by atoms with Crippen molar-refractivity contribution in [3.05, 3.63) is 73.6 Å². The third kappa shape index (κ3) is 3.63. The van der Waals surface area contributed by atoms with Crippen LogP contribution in [-0.2, 0) is 6.54 Å². The van der Waals surface area contributed by atoms with E-state index in [9.17, 15) is 14.7 Å². The van der Waals surface area contributed by atoms with Crippen molar-refractivity contribution in [1.82, 2.24) is 9.55 Å². The second-order valence-electron chi connectivity index (χ2n) is 6.22. The Labute approximate surface area is 176 Å². The van der Waals surface area contributed by atoms with Crippen LogP contribution in [0.2, 0.25) is 10.2 Å². The van der Waals surface area contributed by atoms with E-state index in [0.29, 0.717) is 23.4 Å².